The maximum atomic E-state index is 2.33. The van der Waals surface area contributed by atoms with E-state index in [0.717, 1.165) is 0 Å². The molecular formula is C27H20. The minimum atomic E-state index is 1.26. The fourth-order valence-corrected chi connectivity index (χ4v) is 4.03. The molecule has 0 aliphatic heterocycles. The van der Waals surface area contributed by atoms with Gasteiger partial charge in [0.05, 0.1) is 0 Å². The average Bonchev–Trinajstić information content (AvgIpc) is 2.73. The van der Waals surface area contributed by atoms with Gasteiger partial charge in [-0.1, -0.05) is 91.0 Å². The number of rotatable bonds is 2. The third kappa shape index (κ3) is 2.80. The van der Waals surface area contributed by atoms with Gasteiger partial charge in [-0.15, -0.1) is 0 Å². The maximum Gasteiger partial charge on any atom is -0.00987 e. The number of hydrogen-bond donors (Lipinski definition) is 0. The first-order valence-electron chi connectivity index (χ1n) is 9.37. The molecule has 0 atom stereocenters. The predicted molar refractivity (Wildman–Crippen MR) is 117 cm³/mol. The van der Waals surface area contributed by atoms with Crippen LogP contribution < -0.4 is 0 Å². The molecule has 0 saturated carbocycles. The van der Waals surface area contributed by atoms with Gasteiger partial charge >= 0.3 is 0 Å². The highest BCUT2D eigenvalue weighted by Gasteiger charge is 2.10. The van der Waals surface area contributed by atoms with E-state index in [2.05, 4.69) is 110 Å². The molecule has 0 radical (unpaired) electrons. The maximum absolute atomic E-state index is 2.33. The van der Waals surface area contributed by atoms with Gasteiger partial charge in [0.25, 0.3) is 0 Å². The van der Waals surface area contributed by atoms with E-state index in [1.807, 2.05) is 0 Å². The van der Waals surface area contributed by atoms with Crippen molar-refractivity contribution in [1.82, 2.24) is 0 Å². The first-order chi connectivity index (χ1) is 13.3. The molecule has 0 nitrogen and oxygen atoms in total. The largest absolute Gasteiger partial charge is 0.0622 e. The molecule has 5 aromatic rings. The van der Waals surface area contributed by atoms with Crippen molar-refractivity contribution in [3.63, 3.8) is 0 Å². The summed E-state index contributed by atoms with van der Waals surface area (Å²) in [7, 11) is 0. The highest BCUT2D eigenvalue weighted by molar-refractivity contribution is 6.13. The molecule has 0 saturated heterocycles. The summed E-state index contributed by atoms with van der Waals surface area (Å²) < 4.78 is 0. The Hall–Kier alpha value is -3.38. The minimum absolute atomic E-state index is 1.26. The Morgan fingerprint density at radius 2 is 1.07 bits per heavy atom. The monoisotopic (exact) mass is 344 g/mol. The van der Waals surface area contributed by atoms with E-state index in [-0.39, 0.29) is 0 Å². The van der Waals surface area contributed by atoms with E-state index in [1.165, 1.54) is 49.4 Å². The van der Waals surface area contributed by atoms with Crippen molar-refractivity contribution in [3.8, 4) is 22.3 Å². The van der Waals surface area contributed by atoms with Crippen molar-refractivity contribution in [1.29, 1.82) is 0 Å². The lowest BCUT2D eigenvalue weighted by Crippen LogP contribution is -1.87. The molecule has 0 amide bonds. The van der Waals surface area contributed by atoms with Crippen LogP contribution in [-0.4, -0.2) is 0 Å². The predicted octanol–water partition coefficient (Wildman–Crippen LogP) is 7.64. The fourth-order valence-electron chi connectivity index (χ4n) is 4.03. The minimum Gasteiger partial charge on any atom is -0.0622 e. The number of fused-ring (bicyclic) bond motifs is 3. The molecule has 0 heteroatoms. The standard InChI is InChI=1S/C27H20/c1-19-15-22(20-9-3-2-4-10-20)17-23(16-19)27-18-21-11-5-6-12-24(21)25-13-7-8-14-26(25)27/h2-18H,1H3. The van der Waals surface area contributed by atoms with Gasteiger partial charge in [-0.3, -0.25) is 0 Å². The van der Waals surface area contributed by atoms with Gasteiger partial charge in [0.2, 0.25) is 0 Å². The fraction of sp³-hybridized carbons (Fsp3) is 0.0370. The van der Waals surface area contributed by atoms with E-state index < -0.39 is 0 Å². The van der Waals surface area contributed by atoms with Crippen LogP contribution in [0, 0.1) is 6.92 Å². The summed E-state index contributed by atoms with van der Waals surface area (Å²) in [5.41, 5.74) is 6.37. The molecule has 0 aliphatic carbocycles. The van der Waals surface area contributed by atoms with E-state index in [4.69, 9.17) is 0 Å². The quantitative estimate of drug-likeness (QED) is 0.289. The molecule has 27 heavy (non-hydrogen) atoms. The van der Waals surface area contributed by atoms with Gasteiger partial charge in [0.1, 0.15) is 0 Å². The number of hydrogen-bond acceptors (Lipinski definition) is 0. The van der Waals surface area contributed by atoms with Crippen molar-refractivity contribution < 1.29 is 0 Å². The van der Waals surface area contributed by atoms with Gasteiger partial charge in [0.15, 0.2) is 0 Å². The zero-order valence-electron chi connectivity index (χ0n) is 15.3. The topological polar surface area (TPSA) is 0 Å². The molecule has 0 N–H and O–H groups in total. The molecule has 0 heterocycles. The Balaban J connectivity index is 1.82. The van der Waals surface area contributed by atoms with Crippen LogP contribution in [0.4, 0.5) is 0 Å². The second-order valence-electron chi connectivity index (χ2n) is 7.14. The Morgan fingerprint density at radius 1 is 0.444 bits per heavy atom. The summed E-state index contributed by atoms with van der Waals surface area (Å²) in [5.74, 6) is 0. The van der Waals surface area contributed by atoms with Crippen molar-refractivity contribution in [2.45, 2.75) is 6.92 Å². The van der Waals surface area contributed by atoms with Gasteiger partial charge < -0.3 is 0 Å². The Morgan fingerprint density at radius 3 is 1.89 bits per heavy atom. The van der Waals surface area contributed by atoms with Crippen molar-refractivity contribution in [2.24, 2.45) is 0 Å². The van der Waals surface area contributed by atoms with Crippen LogP contribution in [0.25, 0.3) is 43.8 Å². The summed E-state index contributed by atoms with van der Waals surface area (Å²) in [4.78, 5) is 0. The molecule has 5 rings (SSSR count). The van der Waals surface area contributed by atoms with Crippen LogP contribution in [0.1, 0.15) is 5.56 Å². The molecule has 5 aromatic carbocycles. The van der Waals surface area contributed by atoms with Crippen LogP contribution in [0.3, 0.4) is 0 Å². The highest BCUT2D eigenvalue weighted by atomic mass is 14.1. The smallest absolute Gasteiger partial charge is 0.00987 e. The average molecular weight is 344 g/mol. The summed E-state index contributed by atoms with van der Waals surface area (Å²) in [6.45, 7) is 2.18. The van der Waals surface area contributed by atoms with Crippen LogP contribution in [0.15, 0.2) is 103 Å². The molecule has 0 aromatic heterocycles. The third-order valence-corrected chi connectivity index (χ3v) is 5.26. The van der Waals surface area contributed by atoms with Crippen LogP contribution in [-0.2, 0) is 0 Å². The lowest BCUT2D eigenvalue weighted by Gasteiger charge is -2.13. The van der Waals surface area contributed by atoms with Gasteiger partial charge in [-0.25, -0.2) is 0 Å². The molecule has 0 fully saturated rings. The first kappa shape index (κ1) is 15.8. The molecule has 0 unspecified atom stereocenters. The summed E-state index contributed by atoms with van der Waals surface area (Å²) in [6.07, 6.45) is 0. The number of benzene rings is 5. The highest BCUT2D eigenvalue weighted by Crippen LogP contribution is 2.36. The zero-order chi connectivity index (χ0) is 18.2. The summed E-state index contributed by atoms with van der Waals surface area (Å²) in [6, 6.07) is 37.2. The Kier molecular flexibility index (Phi) is 3.76. The van der Waals surface area contributed by atoms with Crippen molar-refractivity contribution in [2.75, 3.05) is 0 Å². The van der Waals surface area contributed by atoms with E-state index >= 15 is 0 Å². The van der Waals surface area contributed by atoms with Crippen LogP contribution in [0.5, 0.6) is 0 Å². The molecular weight excluding hydrogens is 324 g/mol. The van der Waals surface area contributed by atoms with E-state index in [0.29, 0.717) is 0 Å². The normalized spacial score (nSPS) is 11.1. The Labute approximate surface area is 159 Å². The van der Waals surface area contributed by atoms with E-state index in [9.17, 15) is 0 Å². The molecule has 0 aliphatic rings. The molecule has 128 valence electrons. The summed E-state index contributed by atoms with van der Waals surface area (Å²) >= 11 is 0. The van der Waals surface area contributed by atoms with Gasteiger partial charge in [-0.2, -0.15) is 0 Å². The van der Waals surface area contributed by atoms with Crippen molar-refractivity contribution >= 4 is 21.5 Å². The van der Waals surface area contributed by atoms with Gasteiger partial charge in [0, 0.05) is 0 Å². The summed E-state index contributed by atoms with van der Waals surface area (Å²) in [5, 5.41) is 5.22. The Bertz CT molecular complexity index is 1260. The third-order valence-electron chi connectivity index (χ3n) is 5.26. The van der Waals surface area contributed by atoms with Crippen LogP contribution in [0.2, 0.25) is 0 Å². The van der Waals surface area contributed by atoms with Crippen LogP contribution >= 0.6 is 0 Å². The first-order valence-corrected chi connectivity index (χ1v) is 9.37. The zero-order valence-corrected chi connectivity index (χ0v) is 15.3. The second-order valence-corrected chi connectivity index (χ2v) is 7.14. The molecule has 0 bridgehead atoms. The van der Waals surface area contributed by atoms with Gasteiger partial charge in [-0.05, 0) is 68.4 Å². The second kappa shape index (κ2) is 6.41. The van der Waals surface area contributed by atoms with Crippen molar-refractivity contribution in [3.05, 3.63) is 109 Å². The van der Waals surface area contributed by atoms with E-state index in [1.54, 1.807) is 0 Å². The lowest BCUT2D eigenvalue weighted by atomic mass is 9.91. The number of aryl methyl sites for hydroxylation is 1. The lowest BCUT2D eigenvalue weighted by molar-refractivity contribution is 1.46. The molecule has 0 spiro atoms. The SMILES string of the molecule is Cc1cc(-c2ccccc2)cc(-c2cc3ccccc3c3ccccc23)c1.